The van der Waals surface area contributed by atoms with Gasteiger partial charge >= 0.3 is 0 Å². The summed E-state index contributed by atoms with van der Waals surface area (Å²) in [6.45, 7) is 3.06. The van der Waals surface area contributed by atoms with E-state index in [0.717, 1.165) is 17.7 Å². The third kappa shape index (κ3) is 3.36. The van der Waals surface area contributed by atoms with E-state index in [0.29, 0.717) is 24.4 Å². The topological polar surface area (TPSA) is 49.9 Å². The number of para-hydroxylation sites is 2. The van der Waals surface area contributed by atoms with Gasteiger partial charge in [0.15, 0.2) is 0 Å². The maximum Gasteiger partial charge on any atom is 0.254 e. The number of hydrogen-bond donors (Lipinski definition) is 0. The molecule has 1 saturated heterocycles. The van der Waals surface area contributed by atoms with Crippen LogP contribution in [0, 0.1) is 0 Å². The van der Waals surface area contributed by atoms with Crippen LogP contribution in [-0.2, 0) is 11.2 Å². The highest BCUT2D eigenvalue weighted by molar-refractivity contribution is 6.02. The third-order valence-corrected chi connectivity index (χ3v) is 4.51. The van der Waals surface area contributed by atoms with Gasteiger partial charge in [-0.3, -0.25) is 9.59 Å². The molecule has 1 heterocycles. The molecule has 0 atom stereocenters. The standard InChI is InChI=1S/C20H22N2O3/c1-3-15-8-4-5-9-16(15)20(24)21-12-13-22(19(23)14-21)17-10-6-7-11-18(17)25-2/h4-11H,3,12-14H2,1-2H3. The summed E-state index contributed by atoms with van der Waals surface area (Å²) in [4.78, 5) is 28.8. The molecule has 0 bridgehead atoms. The summed E-state index contributed by atoms with van der Waals surface area (Å²) in [5.74, 6) is 0.482. The highest BCUT2D eigenvalue weighted by Gasteiger charge is 2.30. The van der Waals surface area contributed by atoms with Crippen LogP contribution in [0.2, 0.25) is 0 Å². The van der Waals surface area contributed by atoms with Gasteiger partial charge in [-0.05, 0) is 30.2 Å². The summed E-state index contributed by atoms with van der Waals surface area (Å²) < 4.78 is 5.35. The van der Waals surface area contributed by atoms with E-state index in [1.165, 1.54) is 0 Å². The number of nitrogens with zero attached hydrogens (tertiary/aromatic N) is 2. The molecule has 0 aliphatic carbocycles. The number of carbonyl (C=O) groups is 2. The molecule has 0 aromatic heterocycles. The number of rotatable bonds is 4. The van der Waals surface area contributed by atoms with E-state index in [-0.39, 0.29) is 18.4 Å². The van der Waals surface area contributed by atoms with Gasteiger partial charge in [0, 0.05) is 18.7 Å². The molecule has 1 aliphatic rings. The summed E-state index contributed by atoms with van der Waals surface area (Å²) in [5, 5.41) is 0. The van der Waals surface area contributed by atoms with E-state index in [1.54, 1.807) is 16.9 Å². The molecule has 0 N–H and O–H groups in total. The first-order valence-electron chi connectivity index (χ1n) is 8.46. The van der Waals surface area contributed by atoms with Crippen molar-refractivity contribution in [2.45, 2.75) is 13.3 Å². The zero-order valence-electron chi connectivity index (χ0n) is 14.6. The van der Waals surface area contributed by atoms with Crippen LogP contribution in [0.15, 0.2) is 48.5 Å². The van der Waals surface area contributed by atoms with E-state index in [1.807, 2.05) is 55.5 Å². The lowest BCUT2D eigenvalue weighted by Crippen LogP contribution is -2.52. The van der Waals surface area contributed by atoms with Crippen LogP contribution in [0.1, 0.15) is 22.8 Å². The lowest BCUT2D eigenvalue weighted by atomic mass is 10.0. The highest BCUT2D eigenvalue weighted by Crippen LogP contribution is 2.29. The fourth-order valence-corrected chi connectivity index (χ4v) is 3.16. The smallest absolute Gasteiger partial charge is 0.254 e. The third-order valence-electron chi connectivity index (χ3n) is 4.51. The molecule has 130 valence electrons. The molecular weight excluding hydrogens is 316 g/mol. The summed E-state index contributed by atoms with van der Waals surface area (Å²) in [6, 6.07) is 15.0. The zero-order valence-corrected chi connectivity index (χ0v) is 14.6. The Balaban J connectivity index is 1.78. The Labute approximate surface area is 147 Å². The Hall–Kier alpha value is -2.82. The van der Waals surface area contributed by atoms with Crippen LogP contribution < -0.4 is 9.64 Å². The minimum Gasteiger partial charge on any atom is -0.495 e. The van der Waals surface area contributed by atoms with Gasteiger partial charge in [0.1, 0.15) is 12.3 Å². The van der Waals surface area contributed by atoms with Gasteiger partial charge in [-0.15, -0.1) is 0 Å². The second-order valence-corrected chi connectivity index (χ2v) is 5.95. The Kier molecular flexibility index (Phi) is 5.03. The Morgan fingerprint density at radius 3 is 2.52 bits per heavy atom. The summed E-state index contributed by atoms with van der Waals surface area (Å²) >= 11 is 0. The minimum absolute atomic E-state index is 0.0783. The molecule has 0 spiro atoms. The SMILES string of the molecule is CCc1ccccc1C(=O)N1CCN(c2ccccc2OC)C(=O)C1. The van der Waals surface area contributed by atoms with Crippen LogP contribution in [0.3, 0.4) is 0 Å². The van der Waals surface area contributed by atoms with Crippen LogP contribution in [0.5, 0.6) is 5.75 Å². The van der Waals surface area contributed by atoms with Gasteiger partial charge in [-0.1, -0.05) is 37.3 Å². The van der Waals surface area contributed by atoms with Crippen molar-refractivity contribution in [1.29, 1.82) is 0 Å². The molecule has 2 aromatic rings. The Morgan fingerprint density at radius 2 is 1.80 bits per heavy atom. The largest absolute Gasteiger partial charge is 0.495 e. The lowest BCUT2D eigenvalue weighted by Gasteiger charge is -2.35. The molecular formula is C20H22N2O3. The number of aryl methyl sites for hydroxylation is 1. The lowest BCUT2D eigenvalue weighted by molar-refractivity contribution is -0.120. The van der Waals surface area contributed by atoms with E-state index in [9.17, 15) is 9.59 Å². The second kappa shape index (κ2) is 7.38. The van der Waals surface area contributed by atoms with Crippen molar-refractivity contribution in [2.75, 3.05) is 31.6 Å². The van der Waals surface area contributed by atoms with E-state index in [2.05, 4.69) is 0 Å². The first kappa shape index (κ1) is 17.0. The Bertz CT molecular complexity index is 788. The number of anilines is 1. The number of hydrogen-bond acceptors (Lipinski definition) is 3. The highest BCUT2D eigenvalue weighted by atomic mass is 16.5. The quantitative estimate of drug-likeness (QED) is 0.861. The van der Waals surface area contributed by atoms with E-state index in [4.69, 9.17) is 4.74 Å². The Morgan fingerprint density at radius 1 is 1.08 bits per heavy atom. The molecule has 0 saturated carbocycles. The minimum atomic E-state index is -0.0990. The molecule has 5 nitrogen and oxygen atoms in total. The van der Waals surface area contributed by atoms with Crippen molar-refractivity contribution < 1.29 is 14.3 Å². The van der Waals surface area contributed by atoms with Crippen LogP contribution in [0.25, 0.3) is 0 Å². The van der Waals surface area contributed by atoms with Crippen molar-refractivity contribution in [2.24, 2.45) is 0 Å². The number of methoxy groups -OCH3 is 1. The van der Waals surface area contributed by atoms with Crippen molar-refractivity contribution >= 4 is 17.5 Å². The second-order valence-electron chi connectivity index (χ2n) is 5.95. The predicted molar refractivity (Wildman–Crippen MR) is 97.1 cm³/mol. The number of carbonyl (C=O) groups excluding carboxylic acids is 2. The number of benzene rings is 2. The molecule has 25 heavy (non-hydrogen) atoms. The molecule has 3 rings (SSSR count). The predicted octanol–water partition coefficient (Wildman–Crippen LogP) is 2.75. The number of ether oxygens (including phenoxy) is 1. The molecule has 0 radical (unpaired) electrons. The van der Waals surface area contributed by atoms with Gasteiger partial charge in [-0.25, -0.2) is 0 Å². The van der Waals surface area contributed by atoms with Gasteiger partial charge in [0.25, 0.3) is 5.91 Å². The molecule has 1 fully saturated rings. The van der Waals surface area contributed by atoms with Crippen LogP contribution in [-0.4, -0.2) is 43.5 Å². The normalized spacial score (nSPS) is 14.6. The van der Waals surface area contributed by atoms with Crippen molar-refractivity contribution in [3.05, 3.63) is 59.7 Å². The van der Waals surface area contributed by atoms with Gasteiger partial charge in [-0.2, -0.15) is 0 Å². The monoisotopic (exact) mass is 338 g/mol. The van der Waals surface area contributed by atoms with Crippen molar-refractivity contribution in [3.63, 3.8) is 0 Å². The first-order chi connectivity index (χ1) is 12.2. The maximum absolute atomic E-state index is 12.8. The van der Waals surface area contributed by atoms with E-state index >= 15 is 0 Å². The van der Waals surface area contributed by atoms with Gasteiger partial charge in [0.2, 0.25) is 5.91 Å². The van der Waals surface area contributed by atoms with Crippen molar-refractivity contribution in [1.82, 2.24) is 4.90 Å². The van der Waals surface area contributed by atoms with E-state index < -0.39 is 0 Å². The summed E-state index contributed by atoms with van der Waals surface area (Å²) in [5.41, 5.74) is 2.44. The van der Waals surface area contributed by atoms with Crippen molar-refractivity contribution in [3.8, 4) is 5.75 Å². The molecule has 1 aliphatic heterocycles. The molecule has 2 aromatic carbocycles. The number of amides is 2. The summed E-state index contributed by atoms with van der Waals surface area (Å²) in [7, 11) is 1.59. The number of piperazine rings is 1. The first-order valence-corrected chi connectivity index (χ1v) is 8.46. The van der Waals surface area contributed by atoms with Crippen LogP contribution >= 0.6 is 0 Å². The van der Waals surface area contributed by atoms with Gasteiger partial charge in [0.05, 0.1) is 12.8 Å². The average Bonchev–Trinajstić information content (AvgIpc) is 2.67. The fraction of sp³-hybridized carbons (Fsp3) is 0.300. The van der Waals surface area contributed by atoms with Crippen LogP contribution in [0.4, 0.5) is 5.69 Å². The zero-order chi connectivity index (χ0) is 17.8. The molecule has 2 amide bonds. The van der Waals surface area contributed by atoms with Gasteiger partial charge < -0.3 is 14.5 Å². The molecule has 5 heteroatoms. The fourth-order valence-electron chi connectivity index (χ4n) is 3.16. The maximum atomic E-state index is 12.8. The summed E-state index contributed by atoms with van der Waals surface area (Å²) in [6.07, 6.45) is 0.789. The molecule has 0 unspecified atom stereocenters. The average molecular weight is 338 g/mol.